The molecular weight excluding hydrogens is 229 g/mol. The van der Waals surface area contributed by atoms with Gasteiger partial charge in [0.2, 0.25) is 5.91 Å². The van der Waals surface area contributed by atoms with E-state index in [0.717, 1.165) is 0 Å². The summed E-state index contributed by atoms with van der Waals surface area (Å²) < 4.78 is 39.7. The maximum Gasteiger partial charge on any atom is 0.471 e. The Morgan fingerprint density at radius 1 is 1.19 bits per heavy atom. The van der Waals surface area contributed by atoms with Crippen LogP contribution in [-0.4, -0.2) is 44.8 Å². The maximum atomic E-state index is 11.7. The lowest BCUT2D eigenvalue weighted by atomic mass is 10.4. The average molecular weight is 242 g/mol. The van der Waals surface area contributed by atoms with Crippen molar-refractivity contribution in [1.29, 1.82) is 0 Å². The van der Waals surface area contributed by atoms with E-state index in [1.54, 1.807) is 5.32 Å². The van der Waals surface area contributed by atoms with Crippen LogP contribution in [0.2, 0.25) is 0 Å². The average Bonchev–Trinajstić information content (AvgIpc) is 2.19. The van der Waals surface area contributed by atoms with E-state index in [1.165, 1.54) is 7.11 Å². The zero-order valence-corrected chi connectivity index (χ0v) is 8.69. The molecule has 2 N–H and O–H groups in total. The van der Waals surface area contributed by atoms with Gasteiger partial charge < -0.3 is 15.4 Å². The van der Waals surface area contributed by atoms with Crippen molar-refractivity contribution in [2.75, 3.05) is 26.8 Å². The number of ether oxygens (including phenoxy) is 1. The zero-order chi connectivity index (χ0) is 12.6. The van der Waals surface area contributed by atoms with E-state index in [9.17, 15) is 22.8 Å². The van der Waals surface area contributed by atoms with Crippen LogP contribution in [0.5, 0.6) is 0 Å². The van der Waals surface area contributed by atoms with Crippen molar-refractivity contribution >= 4 is 11.8 Å². The van der Waals surface area contributed by atoms with Gasteiger partial charge in [-0.25, -0.2) is 0 Å². The second kappa shape index (κ2) is 7.04. The van der Waals surface area contributed by atoms with Gasteiger partial charge in [0.1, 0.15) is 0 Å². The normalized spacial score (nSPS) is 11.0. The van der Waals surface area contributed by atoms with Crippen molar-refractivity contribution in [3.8, 4) is 0 Å². The Morgan fingerprint density at radius 3 is 2.25 bits per heavy atom. The van der Waals surface area contributed by atoms with Crippen molar-refractivity contribution in [2.45, 2.75) is 12.6 Å². The van der Waals surface area contributed by atoms with Crippen LogP contribution in [0.25, 0.3) is 0 Å². The molecule has 5 nitrogen and oxygen atoms in total. The number of carbonyl (C=O) groups excluding carboxylic acids is 2. The molecule has 0 aromatic heterocycles. The number of hydrogen-bond donors (Lipinski definition) is 2. The monoisotopic (exact) mass is 242 g/mol. The molecular formula is C8H13F3N2O3. The predicted molar refractivity (Wildman–Crippen MR) is 48.6 cm³/mol. The number of amides is 2. The quantitative estimate of drug-likeness (QED) is 0.635. The largest absolute Gasteiger partial charge is 0.471 e. The molecule has 0 fully saturated rings. The first-order valence-electron chi connectivity index (χ1n) is 4.48. The standard InChI is InChI=1S/C8H13F3N2O3/c1-16-5-2-6(14)12-3-4-13-7(15)8(9,10)11/h2-5H2,1H3,(H,12,14)(H,13,15). The minimum Gasteiger partial charge on any atom is -0.384 e. The highest BCUT2D eigenvalue weighted by Gasteiger charge is 2.38. The van der Waals surface area contributed by atoms with E-state index >= 15 is 0 Å². The molecule has 0 bridgehead atoms. The van der Waals surface area contributed by atoms with Gasteiger partial charge in [-0.05, 0) is 0 Å². The van der Waals surface area contributed by atoms with Crippen LogP contribution in [0.1, 0.15) is 6.42 Å². The molecule has 0 spiro atoms. The minimum atomic E-state index is -4.89. The molecule has 0 radical (unpaired) electrons. The molecule has 0 unspecified atom stereocenters. The number of methoxy groups -OCH3 is 1. The summed E-state index contributed by atoms with van der Waals surface area (Å²) in [7, 11) is 1.43. The van der Waals surface area contributed by atoms with E-state index < -0.39 is 12.1 Å². The van der Waals surface area contributed by atoms with Crippen LogP contribution in [0.4, 0.5) is 13.2 Å². The van der Waals surface area contributed by atoms with Crippen LogP contribution in [0, 0.1) is 0 Å². The van der Waals surface area contributed by atoms with Crippen molar-refractivity contribution in [3.05, 3.63) is 0 Å². The Balaban J connectivity index is 3.54. The fourth-order valence-corrected chi connectivity index (χ4v) is 0.761. The van der Waals surface area contributed by atoms with Crippen LogP contribution < -0.4 is 10.6 Å². The summed E-state index contributed by atoms with van der Waals surface area (Å²) >= 11 is 0. The van der Waals surface area contributed by atoms with Gasteiger partial charge in [0.15, 0.2) is 0 Å². The summed E-state index contributed by atoms with van der Waals surface area (Å²) in [6.07, 6.45) is -4.76. The zero-order valence-electron chi connectivity index (χ0n) is 8.69. The molecule has 0 atom stereocenters. The first-order valence-corrected chi connectivity index (χ1v) is 4.48. The van der Waals surface area contributed by atoms with Crippen LogP contribution in [0.3, 0.4) is 0 Å². The number of nitrogens with one attached hydrogen (secondary N) is 2. The van der Waals surface area contributed by atoms with Gasteiger partial charge in [-0.2, -0.15) is 13.2 Å². The van der Waals surface area contributed by atoms with Gasteiger partial charge in [-0.1, -0.05) is 0 Å². The molecule has 16 heavy (non-hydrogen) atoms. The minimum absolute atomic E-state index is 0.0512. The summed E-state index contributed by atoms with van der Waals surface area (Å²) in [4.78, 5) is 21.2. The topological polar surface area (TPSA) is 67.4 Å². The number of carbonyl (C=O) groups is 2. The molecule has 8 heteroatoms. The summed E-state index contributed by atoms with van der Waals surface area (Å²) in [6, 6.07) is 0. The SMILES string of the molecule is COCCC(=O)NCCNC(=O)C(F)(F)F. The maximum absolute atomic E-state index is 11.7. The highest BCUT2D eigenvalue weighted by molar-refractivity contribution is 5.81. The van der Waals surface area contributed by atoms with Crippen LogP contribution in [-0.2, 0) is 14.3 Å². The second-order valence-electron chi connectivity index (χ2n) is 2.85. The molecule has 0 heterocycles. The Kier molecular flexibility index (Phi) is 6.47. The molecule has 0 aliphatic rings. The van der Waals surface area contributed by atoms with E-state index in [4.69, 9.17) is 0 Å². The molecule has 0 rings (SSSR count). The molecule has 0 aliphatic heterocycles. The lowest BCUT2D eigenvalue weighted by molar-refractivity contribution is -0.173. The molecule has 0 aromatic rings. The van der Waals surface area contributed by atoms with E-state index in [2.05, 4.69) is 10.1 Å². The van der Waals surface area contributed by atoms with Gasteiger partial charge in [-0.15, -0.1) is 0 Å². The predicted octanol–water partition coefficient (Wildman–Crippen LogP) is -0.182. The summed E-state index contributed by atoms with van der Waals surface area (Å²) in [5.74, 6) is -2.36. The van der Waals surface area contributed by atoms with Crippen LogP contribution >= 0.6 is 0 Å². The smallest absolute Gasteiger partial charge is 0.384 e. The highest BCUT2D eigenvalue weighted by Crippen LogP contribution is 2.13. The number of hydrogen-bond acceptors (Lipinski definition) is 3. The van der Waals surface area contributed by atoms with Crippen molar-refractivity contribution in [1.82, 2.24) is 10.6 Å². The fourth-order valence-electron chi connectivity index (χ4n) is 0.761. The van der Waals surface area contributed by atoms with Gasteiger partial charge in [-0.3, -0.25) is 9.59 Å². The Hall–Kier alpha value is -1.31. The summed E-state index contributed by atoms with van der Waals surface area (Å²) in [5.41, 5.74) is 0. The molecule has 0 aromatic carbocycles. The summed E-state index contributed by atoms with van der Waals surface area (Å²) in [5, 5.41) is 3.95. The van der Waals surface area contributed by atoms with Gasteiger partial charge in [0, 0.05) is 26.6 Å². The second-order valence-corrected chi connectivity index (χ2v) is 2.85. The Labute approximate surface area is 90.3 Å². The summed E-state index contributed by atoms with van der Waals surface area (Å²) in [6.45, 7) is -0.0812. The third kappa shape index (κ3) is 7.04. The lowest BCUT2D eigenvalue weighted by Gasteiger charge is -2.08. The van der Waals surface area contributed by atoms with Crippen molar-refractivity contribution < 1.29 is 27.5 Å². The third-order valence-electron chi connectivity index (χ3n) is 1.52. The Bertz CT molecular complexity index is 243. The molecule has 94 valence electrons. The lowest BCUT2D eigenvalue weighted by Crippen LogP contribution is -2.41. The molecule has 2 amide bonds. The molecule has 0 aliphatic carbocycles. The number of halogens is 3. The van der Waals surface area contributed by atoms with Gasteiger partial charge in [0.05, 0.1) is 6.61 Å². The first kappa shape index (κ1) is 14.7. The fraction of sp³-hybridized carbons (Fsp3) is 0.750. The van der Waals surface area contributed by atoms with E-state index in [1.807, 2.05) is 0 Å². The van der Waals surface area contributed by atoms with Gasteiger partial charge in [0.25, 0.3) is 0 Å². The van der Waals surface area contributed by atoms with E-state index in [0.29, 0.717) is 0 Å². The number of alkyl halides is 3. The Morgan fingerprint density at radius 2 is 1.75 bits per heavy atom. The third-order valence-corrected chi connectivity index (χ3v) is 1.52. The van der Waals surface area contributed by atoms with Crippen LogP contribution in [0.15, 0.2) is 0 Å². The van der Waals surface area contributed by atoms with E-state index in [-0.39, 0.29) is 32.0 Å². The van der Waals surface area contributed by atoms with Gasteiger partial charge >= 0.3 is 12.1 Å². The first-order chi connectivity index (χ1) is 7.38. The van der Waals surface area contributed by atoms with Crippen molar-refractivity contribution in [3.63, 3.8) is 0 Å². The highest BCUT2D eigenvalue weighted by atomic mass is 19.4. The molecule has 0 saturated carbocycles. The van der Waals surface area contributed by atoms with Crippen molar-refractivity contribution in [2.24, 2.45) is 0 Å². The molecule has 0 saturated heterocycles. The number of rotatable bonds is 6.